The van der Waals surface area contributed by atoms with E-state index in [0.29, 0.717) is 29.0 Å². The number of halogens is 1. The first-order valence-corrected chi connectivity index (χ1v) is 9.75. The summed E-state index contributed by atoms with van der Waals surface area (Å²) in [5.41, 5.74) is 5.63. The summed E-state index contributed by atoms with van der Waals surface area (Å²) in [6, 6.07) is 11.3. The highest BCUT2D eigenvalue weighted by Crippen LogP contribution is 2.52. The summed E-state index contributed by atoms with van der Waals surface area (Å²) in [4.78, 5) is 27.5. The molecule has 0 amide bonds. The van der Waals surface area contributed by atoms with Crippen LogP contribution in [0.4, 0.5) is 0 Å². The van der Waals surface area contributed by atoms with Gasteiger partial charge in [-0.3, -0.25) is 9.59 Å². The molecule has 0 aliphatic heterocycles. The minimum atomic E-state index is -0.861. The van der Waals surface area contributed by atoms with Crippen molar-refractivity contribution in [2.24, 2.45) is 5.92 Å². The van der Waals surface area contributed by atoms with Crippen LogP contribution in [0.5, 0.6) is 0 Å². The molecule has 0 saturated carbocycles. The van der Waals surface area contributed by atoms with E-state index in [9.17, 15) is 9.59 Å². The van der Waals surface area contributed by atoms with Crippen molar-refractivity contribution < 1.29 is 9.59 Å². The van der Waals surface area contributed by atoms with Crippen LogP contribution in [0.2, 0.25) is 5.02 Å². The first-order valence-electron chi connectivity index (χ1n) is 9.37. The minimum absolute atomic E-state index is 0.0549. The zero-order valence-electron chi connectivity index (χ0n) is 16.2. The molecular formula is C24H23ClO2. The number of carbonyl (C=O) groups is 2. The fourth-order valence-corrected chi connectivity index (χ4v) is 4.93. The van der Waals surface area contributed by atoms with Crippen molar-refractivity contribution in [3.8, 4) is 0 Å². The molecule has 2 unspecified atom stereocenters. The summed E-state index contributed by atoms with van der Waals surface area (Å²) in [6.07, 6.45) is 1.19. The fraction of sp³-hybridized carbons (Fsp3) is 0.333. The third-order valence-corrected chi connectivity index (χ3v) is 6.82. The Hall–Kier alpha value is -2.19. The van der Waals surface area contributed by atoms with Gasteiger partial charge in [0.05, 0.1) is 5.41 Å². The van der Waals surface area contributed by atoms with Crippen molar-refractivity contribution >= 4 is 23.2 Å². The number of benzene rings is 2. The van der Waals surface area contributed by atoms with E-state index < -0.39 is 5.41 Å². The van der Waals surface area contributed by atoms with Crippen molar-refractivity contribution in [1.29, 1.82) is 0 Å². The Morgan fingerprint density at radius 3 is 2.26 bits per heavy atom. The molecule has 0 aromatic heterocycles. The van der Waals surface area contributed by atoms with E-state index in [1.165, 1.54) is 11.1 Å². The highest BCUT2D eigenvalue weighted by Gasteiger charge is 2.56. The average molecular weight is 379 g/mol. The maximum Gasteiger partial charge on any atom is 0.175 e. The number of hydrogen-bond acceptors (Lipinski definition) is 2. The number of ketones is 2. The van der Waals surface area contributed by atoms with Crippen molar-refractivity contribution in [3.63, 3.8) is 0 Å². The summed E-state index contributed by atoms with van der Waals surface area (Å²) in [5.74, 6) is -0.236. The van der Waals surface area contributed by atoms with E-state index in [1.54, 1.807) is 0 Å². The molecule has 0 radical (unpaired) electrons. The van der Waals surface area contributed by atoms with Crippen LogP contribution < -0.4 is 0 Å². The first-order chi connectivity index (χ1) is 12.8. The maximum atomic E-state index is 13.9. The van der Waals surface area contributed by atoms with Gasteiger partial charge in [0.15, 0.2) is 11.6 Å². The summed E-state index contributed by atoms with van der Waals surface area (Å²) in [7, 11) is 0. The minimum Gasteiger partial charge on any atom is -0.294 e. The predicted molar refractivity (Wildman–Crippen MR) is 109 cm³/mol. The van der Waals surface area contributed by atoms with Gasteiger partial charge in [0.1, 0.15) is 0 Å². The lowest BCUT2D eigenvalue weighted by atomic mass is 9.53. The Morgan fingerprint density at radius 1 is 0.926 bits per heavy atom. The summed E-state index contributed by atoms with van der Waals surface area (Å²) >= 11 is 6.28. The highest BCUT2D eigenvalue weighted by molar-refractivity contribution is 6.30. The van der Waals surface area contributed by atoms with Crippen molar-refractivity contribution in [3.05, 3.63) is 80.4 Å². The number of carbonyl (C=O) groups excluding carboxylic acids is 2. The Kier molecular flexibility index (Phi) is 4.16. The molecule has 2 aliphatic rings. The monoisotopic (exact) mass is 378 g/mol. The van der Waals surface area contributed by atoms with Gasteiger partial charge in [-0.15, -0.1) is 0 Å². The van der Waals surface area contributed by atoms with Crippen LogP contribution in [0.15, 0.2) is 47.5 Å². The van der Waals surface area contributed by atoms with Gasteiger partial charge in [0, 0.05) is 22.1 Å². The standard InChI is InChI=1S/C24H23ClO2/c1-13-8-19-20(9-14(13)2)23(27)24(17-6-5-7-18(25)11-17)12-16(4)15(3)10-21(24)22(19)26/h5-9,11,21H,10,12H2,1-4H3. The molecular weight excluding hydrogens is 356 g/mol. The molecule has 2 nitrogen and oxygen atoms in total. The molecule has 2 aromatic carbocycles. The Morgan fingerprint density at radius 2 is 1.59 bits per heavy atom. The lowest BCUT2D eigenvalue weighted by Gasteiger charge is -2.46. The fourth-order valence-electron chi connectivity index (χ4n) is 4.74. The number of hydrogen-bond donors (Lipinski definition) is 0. The number of allylic oxidation sites excluding steroid dienone is 2. The smallest absolute Gasteiger partial charge is 0.175 e. The zero-order valence-corrected chi connectivity index (χ0v) is 16.9. The predicted octanol–water partition coefficient (Wildman–Crippen LogP) is 6.02. The van der Waals surface area contributed by atoms with Crippen molar-refractivity contribution in [2.45, 2.75) is 46.0 Å². The summed E-state index contributed by atoms with van der Waals surface area (Å²) in [5, 5.41) is 0.593. The van der Waals surface area contributed by atoms with E-state index in [0.717, 1.165) is 16.7 Å². The topological polar surface area (TPSA) is 34.1 Å². The normalized spacial score (nSPS) is 24.7. The van der Waals surface area contributed by atoms with Gasteiger partial charge >= 0.3 is 0 Å². The van der Waals surface area contributed by atoms with Gasteiger partial charge < -0.3 is 0 Å². The van der Waals surface area contributed by atoms with Crippen LogP contribution >= 0.6 is 11.6 Å². The lowest BCUT2D eigenvalue weighted by molar-refractivity contribution is 0.0662. The molecule has 2 aromatic rings. The van der Waals surface area contributed by atoms with E-state index in [-0.39, 0.29) is 17.5 Å². The van der Waals surface area contributed by atoms with Gasteiger partial charge in [-0.1, -0.05) is 34.9 Å². The molecule has 3 heteroatoms. The molecule has 2 aliphatic carbocycles. The molecule has 4 rings (SSSR count). The third kappa shape index (κ3) is 2.54. The number of aryl methyl sites for hydroxylation is 2. The SMILES string of the molecule is CC1=C(C)CC2(c3cccc(Cl)c3)C(=O)c3cc(C)c(C)cc3C(=O)C2C1. The molecule has 2 atom stereocenters. The maximum absolute atomic E-state index is 13.9. The van der Waals surface area contributed by atoms with Crippen molar-refractivity contribution in [1.82, 2.24) is 0 Å². The van der Waals surface area contributed by atoms with Crippen molar-refractivity contribution in [2.75, 3.05) is 0 Å². The number of fused-ring (bicyclic) bond motifs is 2. The Bertz CT molecular complexity index is 1030. The highest BCUT2D eigenvalue weighted by atomic mass is 35.5. The van der Waals surface area contributed by atoms with Crippen LogP contribution in [0, 0.1) is 19.8 Å². The molecule has 0 spiro atoms. The van der Waals surface area contributed by atoms with Crippen LogP contribution in [0.25, 0.3) is 0 Å². The second kappa shape index (κ2) is 6.17. The average Bonchev–Trinajstić information content (AvgIpc) is 2.63. The van der Waals surface area contributed by atoms with Crippen LogP contribution in [0.1, 0.15) is 64.1 Å². The summed E-state index contributed by atoms with van der Waals surface area (Å²) < 4.78 is 0. The number of Topliss-reactive ketones (excluding diaryl/α,β-unsaturated/α-hetero) is 2. The molecule has 0 heterocycles. The second-order valence-electron chi connectivity index (χ2n) is 8.15. The van der Waals surface area contributed by atoms with Crippen LogP contribution in [-0.4, -0.2) is 11.6 Å². The molecule has 138 valence electrons. The molecule has 27 heavy (non-hydrogen) atoms. The van der Waals surface area contributed by atoms with Gasteiger partial charge in [-0.25, -0.2) is 0 Å². The van der Waals surface area contributed by atoms with Gasteiger partial charge in [-0.05, 0) is 81.5 Å². The molecule has 0 saturated heterocycles. The lowest BCUT2D eigenvalue weighted by Crippen LogP contribution is -2.52. The van der Waals surface area contributed by atoms with Gasteiger partial charge in [-0.2, -0.15) is 0 Å². The number of rotatable bonds is 1. The summed E-state index contributed by atoms with van der Waals surface area (Å²) in [6.45, 7) is 8.13. The quantitative estimate of drug-likeness (QED) is 0.568. The second-order valence-corrected chi connectivity index (χ2v) is 8.59. The Labute approximate surface area is 165 Å². The zero-order chi connectivity index (χ0) is 19.5. The molecule has 0 bridgehead atoms. The molecule has 0 N–H and O–H groups in total. The Balaban J connectivity index is 2.04. The van der Waals surface area contributed by atoms with E-state index in [4.69, 9.17) is 11.6 Å². The van der Waals surface area contributed by atoms with Crippen LogP contribution in [0.3, 0.4) is 0 Å². The van der Waals surface area contributed by atoms with E-state index in [1.807, 2.05) is 50.2 Å². The van der Waals surface area contributed by atoms with E-state index in [2.05, 4.69) is 13.8 Å². The van der Waals surface area contributed by atoms with E-state index >= 15 is 0 Å². The van der Waals surface area contributed by atoms with Gasteiger partial charge in [0.25, 0.3) is 0 Å². The largest absolute Gasteiger partial charge is 0.294 e. The molecule has 0 fully saturated rings. The third-order valence-electron chi connectivity index (χ3n) is 6.58. The first kappa shape index (κ1) is 18.2. The van der Waals surface area contributed by atoms with Crippen LogP contribution in [-0.2, 0) is 5.41 Å². The van der Waals surface area contributed by atoms with Gasteiger partial charge in [0.2, 0.25) is 0 Å².